The van der Waals surface area contributed by atoms with Crippen molar-refractivity contribution in [1.29, 1.82) is 0 Å². The average molecular weight is 331 g/mol. The maximum absolute atomic E-state index is 13.0. The first-order valence-electron chi connectivity index (χ1n) is 8.62. The summed E-state index contributed by atoms with van der Waals surface area (Å²) in [4.78, 5) is 0.428. The van der Waals surface area contributed by atoms with Crippen LogP contribution in [0.15, 0.2) is 40.8 Å². The highest BCUT2D eigenvalue weighted by atomic mass is 32.2. The van der Waals surface area contributed by atoms with Gasteiger partial charge in [0.15, 0.2) is 0 Å². The highest BCUT2D eigenvalue weighted by Gasteiger charge is 2.51. The van der Waals surface area contributed by atoms with Crippen LogP contribution in [0.25, 0.3) is 0 Å². The molecule has 2 unspecified atom stereocenters. The van der Waals surface area contributed by atoms with Gasteiger partial charge in [0.1, 0.15) is 0 Å². The molecule has 124 valence electrons. The van der Waals surface area contributed by atoms with Crippen LogP contribution in [-0.4, -0.2) is 25.8 Å². The summed E-state index contributed by atoms with van der Waals surface area (Å²) in [6.45, 7) is 5.58. The third kappa shape index (κ3) is 2.38. The molecule has 1 heterocycles. The van der Waals surface area contributed by atoms with Gasteiger partial charge < -0.3 is 0 Å². The number of sulfonamides is 1. The second-order valence-electron chi connectivity index (χ2n) is 8.04. The Balaban J connectivity index is 1.70. The zero-order valence-corrected chi connectivity index (χ0v) is 14.8. The Morgan fingerprint density at radius 2 is 1.78 bits per heavy atom. The lowest BCUT2D eigenvalue weighted by Crippen LogP contribution is -2.33. The van der Waals surface area contributed by atoms with Crippen LogP contribution in [0.5, 0.6) is 0 Å². The summed E-state index contributed by atoms with van der Waals surface area (Å²) in [5.74, 6) is 0. The van der Waals surface area contributed by atoms with E-state index in [1.165, 1.54) is 24.8 Å². The topological polar surface area (TPSA) is 37.4 Å². The summed E-state index contributed by atoms with van der Waals surface area (Å²) in [6.07, 6.45) is 8.39. The second-order valence-corrected chi connectivity index (χ2v) is 9.98. The smallest absolute Gasteiger partial charge is 0.207 e. The summed E-state index contributed by atoms with van der Waals surface area (Å²) < 4.78 is 27.8. The molecule has 5 rings (SSSR count). The maximum Gasteiger partial charge on any atom is 0.243 e. The molecule has 4 heteroatoms. The molecule has 0 amide bonds. The molecule has 2 bridgehead atoms. The van der Waals surface area contributed by atoms with Crippen molar-refractivity contribution in [3.05, 3.63) is 41.5 Å². The van der Waals surface area contributed by atoms with E-state index in [-0.39, 0.29) is 5.41 Å². The van der Waals surface area contributed by atoms with Gasteiger partial charge in [0.05, 0.1) is 4.90 Å². The number of fused-ring (bicyclic) bond motifs is 3. The van der Waals surface area contributed by atoms with Crippen LogP contribution in [-0.2, 0) is 10.0 Å². The zero-order chi connectivity index (χ0) is 16.3. The Kier molecular flexibility index (Phi) is 3.30. The van der Waals surface area contributed by atoms with Crippen molar-refractivity contribution >= 4 is 10.0 Å². The summed E-state index contributed by atoms with van der Waals surface area (Å²) >= 11 is 0. The number of benzene rings is 1. The van der Waals surface area contributed by atoms with Gasteiger partial charge >= 0.3 is 0 Å². The average Bonchev–Trinajstić information content (AvgIpc) is 2.71. The number of hydrogen-bond donors (Lipinski definition) is 0. The van der Waals surface area contributed by atoms with E-state index < -0.39 is 10.0 Å². The van der Waals surface area contributed by atoms with Crippen molar-refractivity contribution in [3.63, 3.8) is 0 Å². The first kappa shape index (κ1) is 15.4. The van der Waals surface area contributed by atoms with Gasteiger partial charge in [-0.25, -0.2) is 8.42 Å². The van der Waals surface area contributed by atoms with Crippen molar-refractivity contribution < 1.29 is 8.42 Å². The van der Waals surface area contributed by atoms with Crippen LogP contribution in [0.3, 0.4) is 0 Å². The molecule has 1 spiro atoms. The number of hydrogen-bond acceptors (Lipinski definition) is 2. The summed E-state index contributed by atoms with van der Waals surface area (Å²) in [6, 6.07) is 7.24. The fourth-order valence-electron chi connectivity index (χ4n) is 4.73. The zero-order valence-electron chi connectivity index (χ0n) is 14.0. The van der Waals surface area contributed by atoms with Crippen LogP contribution >= 0.6 is 0 Å². The largest absolute Gasteiger partial charge is 0.243 e. The fourth-order valence-corrected chi connectivity index (χ4v) is 6.23. The molecular formula is C19H25NO2S. The molecule has 0 N–H and O–H groups in total. The van der Waals surface area contributed by atoms with Crippen molar-refractivity contribution in [1.82, 2.24) is 4.31 Å². The van der Waals surface area contributed by atoms with Gasteiger partial charge in [-0.15, -0.1) is 0 Å². The van der Waals surface area contributed by atoms with E-state index in [9.17, 15) is 8.42 Å². The Labute approximate surface area is 139 Å². The van der Waals surface area contributed by atoms with E-state index in [0.717, 1.165) is 18.4 Å². The SMILES string of the molecule is Cc1ccc(S(=O)(=O)N2CC3=CC4(C)CCCC3(CC4)C2)cc1. The number of allylic oxidation sites excluding steroid dienone is 1. The van der Waals surface area contributed by atoms with Crippen LogP contribution in [0.4, 0.5) is 0 Å². The molecule has 3 nitrogen and oxygen atoms in total. The number of rotatable bonds is 2. The quantitative estimate of drug-likeness (QED) is 0.771. The number of aryl methyl sites for hydroxylation is 1. The van der Waals surface area contributed by atoms with Crippen molar-refractivity contribution in [3.8, 4) is 0 Å². The van der Waals surface area contributed by atoms with Crippen LogP contribution in [0.2, 0.25) is 0 Å². The van der Waals surface area contributed by atoms with Gasteiger partial charge in [-0.1, -0.05) is 42.7 Å². The van der Waals surface area contributed by atoms with E-state index >= 15 is 0 Å². The van der Waals surface area contributed by atoms with E-state index in [0.29, 0.717) is 23.4 Å². The molecule has 1 aliphatic heterocycles. The van der Waals surface area contributed by atoms with E-state index in [2.05, 4.69) is 13.0 Å². The van der Waals surface area contributed by atoms with Gasteiger partial charge in [0.25, 0.3) is 0 Å². The third-order valence-electron chi connectivity index (χ3n) is 6.27. The molecule has 1 aromatic rings. The highest BCUT2D eigenvalue weighted by Crippen LogP contribution is 2.56. The standard InChI is InChI=1S/C19H25NO2S/c1-15-4-6-17(7-5-15)23(21,22)20-13-16-12-18(2)8-3-9-19(16,14-20)11-10-18/h4-7,12H,3,8-11,13-14H2,1-2H3. The van der Waals surface area contributed by atoms with E-state index in [1.807, 2.05) is 19.1 Å². The maximum atomic E-state index is 13.0. The molecule has 0 aromatic heterocycles. The minimum Gasteiger partial charge on any atom is -0.207 e. The normalized spacial score (nSPS) is 34.1. The van der Waals surface area contributed by atoms with Crippen molar-refractivity contribution in [2.24, 2.45) is 10.8 Å². The molecule has 3 aliphatic carbocycles. The Morgan fingerprint density at radius 1 is 1.04 bits per heavy atom. The Morgan fingerprint density at radius 3 is 2.52 bits per heavy atom. The van der Waals surface area contributed by atoms with Crippen molar-refractivity contribution in [2.75, 3.05) is 13.1 Å². The fraction of sp³-hybridized carbons (Fsp3) is 0.579. The highest BCUT2D eigenvalue weighted by molar-refractivity contribution is 7.89. The Hall–Kier alpha value is -1.13. The lowest BCUT2D eigenvalue weighted by Gasteiger charge is -2.36. The molecule has 2 atom stereocenters. The van der Waals surface area contributed by atoms with Crippen LogP contribution < -0.4 is 0 Å². The Bertz CT molecular complexity index is 765. The molecule has 4 aliphatic rings. The third-order valence-corrected chi connectivity index (χ3v) is 8.07. The van der Waals surface area contributed by atoms with Crippen LogP contribution in [0, 0.1) is 17.8 Å². The van der Waals surface area contributed by atoms with E-state index in [1.54, 1.807) is 16.4 Å². The van der Waals surface area contributed by atoms with Gasteiger partial charge in [0, 0.05) is 18.5 Å². The lowest BCUT2D eigenvalue weighted by atomic mass is 9.68. The summed E-state index contributed by atoms with van der Waals surface area (Å²) in [7, 11) is -3.38. The second kappa shape index (κ2) is 4.93. The predicted octanol–water partition coefficient (Wildman–Crippen LogP) is 3.90. The summed E-state index contributed by atoms with van der Waals surface area (Å²) in [5.41, 5.74) is 2.88. The van der Waals surface area contributed by atoms with Gasteiger partial charge in [0.2, 0.25) is 10.0 Å². The minimum absolute atomic E-state index is 0.119. The molecule has 23 heavy (non-hydrogen) atoms. The van der Waals surface area contributed by atoms with Crippen LogP contribution in [0.1, 0.15) is 44.6 Å². The molecular weight excluding hydrogens is 306 g/mol. The van der Waals surface area contributed by atoms with Gasteiger partial charge in [-0.2, -0.15) is 4.31 Å². The molecule has 1 saturated heterocycles. The minimum atomic E-state index is -3.38. The predicted molar refractivity (Wildman–Crippen MR) is 91.6 cm³/mol. The molecule has 2 fully saturated rings. The molecule has 1 saturated carbocycles. The first-order chi connectivity index (χ1) is 10.8. The van der Waals surface area contributed by atoms with E-state index in [4.69, 9.17) is 0 Å². The first-order valence-corrected chi connectivity index (χ1v) is 10.1. The molecule has 1 aromatic carbocycles. The van der Waals surface area contributed by atoms with Gasteiger partial charge in [-0.05, 0) is 50.2 Å². The van der Waals surface area contributed by atoms with Crippen molar-refractivity contribution in [2.45, 2.75) is 50.8 Å². The molecule has 0 radical (unpaired) electrons. The summed E-state index contributed by atoms with van der Waals surface area (Å²) in [5, 5.41) is 0. The lowest BCUT2D eigenvalue weighted by molar-refractivity contribution is 0.266. The van der Waals surface area contributed by atoms with Gasteiger partial charge in [-0.3, -0.25) is 0 Å². The monoisotopic (exact) mass is 331 g/mol. The number of nitrogens with zero attached hydrogens (tertiary/aromatic N) is 1.